The monoisotopic (exact) mass is 265 g/mol. The molecule has 19 heavy (non-hydrogen) atoms. The van der Waals surface area contributed by atoms with Crippen LogP contribution in [0.1, 0.15) is 25.8 Å². The summed E-state index contributed by atoms with van der Waals surface area (Å²) in [7, 11) is 0. The molecule has 0 aliphatic carbocycles. The van der Waals surface area contributed by atoms with Crippen LogP contribution in [0, 0.1) is 12.8 Å². The van der Waals surface area contributed by atoms with Gasteiger partial charge in [0.25, 0.3) is 0 Å². The third-order valence-corrected chi connectivity index (χ3v) is 2.44. The van der Waals surface area contributed by atoms with E-state index < -0.39 is 18.0 Å². The van der Waals surface area contributed by atoms with Crippen LogP contribution in [0.25, 0.3) is 0 Å². The van der Waals surface area contributed by atoms with Crippen molar-refractivity contribution in [2.75, 3.05) is 5.32 Å². The van der Waals surface area contributed by atoms with E-state index in [1.807, 2.05) is 20.8 Å². The lowest BCUT2D eigenvalue weighted by atomic mass is 10.0. The van der Waals surface area contributed by atoms with Crippen LogP contribution in [0.5, 0.6) is 0 Å². The summed E-state index contributed by atoms with van der Waals surface area (Å²) >= 11 is 0. The lowest BCUT2D eigenvalue weighted by Crippen LogP contribution is -2.43. The van der Waals surface area contributed by atoms with Gasteiger partial charge in [-0.2, -0.15) is 0 Å². The van der Waals surface area contributed by atoms with Crippen molar-refractivity contribution in [1.82, 2.24) is 10.3 Å². The molecule has 0 aromatic carbocycles. The zero-order chi connectivity index (χ0) is 14.4. The van der Waals surface area contributed by atoms with Gasteiger partial charge in [0.2, 0.25) is 0 Å². The molecule has 0 saturated carbocycles. The van der Waals surface area contributed by atoms with Crippen LogP contribution in [0.4, 0.5) is 10.5 Å². The predicted octanol–water partition coefficient (Wildman–Crippen LogP) is 2.01. The molecule has 0 radical (unpaired) electrons. The van der Waals surface area contributed by atoms with E-state index in [1.165, 1.54) is 6.20 Å². The summed E-state index contributed by atoms with van der Waals surface area (Å²) in [5, 5.41) is 14.0. The molecule has 1 atom stereocenters. The van der Waals surface area contributed by atoms with Gasteiger partial charge in [-0.3, -0.25) is 4.98 Å². The second-order valence-electron chi connectivity index (χ2n) is 4.87. The molecule has 0 bridgehead atoms. The van der Waals surface area contributed by atoms with E-state index in [0.29, 0.717) is 12.1 Å². The minimum Gasteiger partial charge on any atom is -0.480 e. The molecule has 0 unspecified atom stereocenters. The van der Waals surface area contributed by atoms with Crippen molar-refractivity contribution < 1.29 is 14.7 Å². The van der Waals surface area contributed by atoms with Crippen molar-refractivity contribution in [3.05, 3.63) is 24.0 Å². The van der Waals surface area contributed by atoms with E-state index in [-0.39, 0.29) is 5.92 Å². The summed E-state index contributed by atoms with van der Waals surface area (Å²) in [6.45, 7) is 5.66. The van der Waals surface area contributed by atoms with Gasteiger partial charge in [-0.25, -0.2) is 9.59 Å². The minimum absolute atomic E-state index is 0.182. The maximum atomic E-state index is 11.7. The summed E-state index contributed by atoms with van der Waals surface area (Å²) in [4.78, 5) is 26.7. The maximum absolute atomic E-state index is 11.7. The molecule has 3 N–H and O–H groups in total. The number of carboxylic acids is 1. The molecule has 1 aromatic heterocycles. The second-order valence-corrected chi connectivity index (χ2v) is 4.87. The van der Waals surface area contributed by atoms with Gasteiger partial charge in [-0.05, 0) is 30.9 Å². The lowest BCUT2D eigenvalue weighted by molar-refractivity contribution is -0.139. The number of pyridine rings is 1. The van der Waals surface area contributed by atoms with Crippen LogP contribution in [0.2, 0.25) is 0 Å². The van der Waals surface area contributed by atoms with Crippen molar-refractivity contribution in [2.45, 2.75) is 33.2 Å². The Labute approximate surface area is 112 Å². The quantitative estimate of drug-likeness (QED) is 0.759. The van der Waals surface area contributed by atoms with Gasteiger partial charge < -0.3 is 15.7 Å². The molecule has 0 aliphatic heterocycles. The second kappa shape index (κ2) is 6.72. The first-order valence-electron chi connectivity index (χ1n) is 6.10. The molecule has 1 aromatic rings. The Kier molecular flexibility index (Phi) is 5.29. The van der Waals surface area contributed by atoms with Crippen molar-refractivity contribution in [3.8, 4) is 0 Å². The van der Waals surface area contributed by atoms with Crippen LogP contribution in [-0.2, 0) is 4.79 Å². The van der Waals surface area contributed by atoms with E-state index in [2.05, 4.69) is 15.6 Å². The number of carbonyl (C=O) groups excluding carboxylic acids is 1. The molecule has 0 spiro atoms. The zero-order valence-corrected chi connectivity index (χ0v) is 11.3. The fourth-order valence-corrected chi connectivity index (χ4v) is 1.64. The van der Waals surface area contributed by atoms with Crippen LogP contribution >= 0.6 is 0 Å². The first-order chi connectivity index (χ1) is 8.88. The van der Waals surface area contributed by atoms with Crippen molar-refractivity contribution >= 4 is 17.7 Å². The number of urea groups is 1. The molecule has 1 heterocycles. The average Bonchev–Trinajstić information content (AvgIpc) is 2.27. The van der Waals surface area contributed by atoms with Gasteiger partial charge in [-0.15, -0.1) is 0 Å². The Morgan fingerprint density at radius 3 is 2.58 bits per heavy atom. The number of carboxylic acid groups (broad SMARTS) is 1. The Morgan fingerprint density at radius 1 is 1.37 bits per heavy atom. The number of nitrogens with zero attached hydrogens (tertiary/aromatic N) is 1. The van der Waals surface area contributed by atoms with Crippen molar-refractivity contribution in [3.63, 3.8) is 0 Å². The Hall–Kier alpha value is -2.11. The van der Waals surface area contributed by atoms with Crippen LogP contribution < -0.4 is 10.6 Å². The third kappa shape index (κ3) is 5.37. The highest BCUT2D eigenvalue weighted by Crippen LogP contribution is 2.08. The number of hydrogen-bond donors (Lipinski definition) is 3. The summed E-state index contributed by atoms with van der Waals surface area (Å²) in [5.74, 6) is -0.853. The van der Waals surface area contributed by atoms with Gasteiger partial charge in [-0.1, -0.05) is 13.8 Å². The van der Waals surface area contributed by atoms with Gasteiger partial charge in [0.05, 0.1) is 11.9 Å². The molecule has 2 amide bonds. The topological polar surface area (TPSA) is 91.3 Å². The highest BCUT2D eigenvalue weighted by Gasteiger charge is 2.20. The highest BCUT2D eigenvalue weighted by atomic mass is 16.4. The molecule has 0 fully saturated rings. The summed E-state index contributed by atoms with van der Waals surface area (Å²) in [6.07, 6.45) is 3.56. The number of aliphatic carboxylic acids is 1. The third-order valence-electron chi connectivity index (χ3n) is 2.44. The lowest BCUT2D eigenvalue weighted by Gasteiger charge is -2.16. The van der Waals surface area contributed by atoms with E-state index in [4.69, 9.17) is 5.11 Å². The Morgan fingerprint density at radius 2 is 2.05 bits per heavy atom. The number of hydrogen-bond acceptors (Lipinski definition) is 3. The first-order valence-corrected chi connectivity index (χ1v) is 6.10. The highest BCUT2D eigenvalue weighted by molar-refractivity contribution is 5.92. The number of amides is 2. The van der Waals surface area contributed by atoms with Crippen molar-refractivity contribution in [2.24, 2.45) is 5.92 Å². The molecular weight excluding hydrogens is 246 g/mol. The largest absolute Gasteiger partial charge is 0.480 e. The summed E-state index contributed by atoms with van der Waals surface area (Å²) < 4.78 is 0. The van der Waals surface area contributed by atoms with Gasteiger partial charge in [0, 0.05) is 6.20 Å². The zero-order valence-electron chi connectivity index (χ0n) is 11.3. The van der Waals surface area contributed by atoms with E-state index in [1.54, 1.807) is 12.3 Å². The molecular formula is C13H19N3O3. The van der Waals surface area contributed by atoms with E-state index in [0.717, 1.165) is 5.56 Å². The molecule has 6 heteroatoms. The smallest absolute Gasteiger partial charge is 0.326 e. The minimum atomic E-state index is -1.04. The first kappa shape index (κ1) is 14.9. The molecule has 0 saturated heterocycles. The van der Waals surface area contributed by atoms with Gasteiger partial charge >= 0.3 is 12.0 Å². The predicted molar refractivity (Wildman–Crippen MR) is 72.0 cm³/mol. The Balaban J connectivity index is 2.60. The van der Waals surface area contributed by atoms with E-state index >= 15 is 0 Å². The fraction of sp³-hybridized carbons (Fsp3) is 0.462. The molecule has 0 aliphatic rings. The van der Waals surface area contributed by atoms with Crippen LogP contribution in [0.3, 0.4) is 0 Å². The summed E-state index contributed by atoms with van der Waals surface area (Å²) in [6, 6.07) is 0.323. The van der Waals surface area contributed by atoms with Gasteiger partial charge in [0.1, 0.15) is 6.04 Å². The SMILES string of the molecule is Cc1cncc(NC(=O)N[C@@H](CC(C)C)C(=O)O)c1. The number of aryl methyl sites for hydroxylation is 1. The van der Waals surface area contributed by atoms with E-state index in [9.17, 15) is 9.59 Å². The number of carbonyl (C=O) groups is 2. The number of nitrogens with one attached hydrogen (secondary N) is 2. The maximum Gasteiger partial charge on any atom is 0.326 e. The summed E-state index contributed by atoms with van der Waals surface area (Å²) in [5.41, 5.74) is 1.45. The normalized spacial score (nSPS) is 12.0. The number of rotatable bonds is 5. The number of anilines is 1. The molecule has 1 rings (SSSR count). The van der Waals surface area contributed by atoms with Crippen molar-refractivity contribution in [1.29, 1.82) is 0 Å². The average molecular weight is 265 g/mol. The standard InChI is InChI=1S/C13H19N3O3/c1-8(2)4-11(12(17)18)16-13(19)15-10-5-9(3)6-14-7-10/h5-8,11H,4H2,1-3H3,(H,17,18)(H2,15,16,19)/t11-/m0/s1. The number of aromatic nitrogens is 1. The van der Waals surface area contributed by atoms with Crippen LogP contribution in [-0.4, -0.2) is 28.1 Å². The molecule has 6 nitrogen and oxygen atoms in total. The molecule has 104 valence electrons. The Bertz CT molecular complexity index is 460. The van der Waals surface area contributed by atoms with Gasteiger partial charge in [0.15, 0.2) is 0 Å². The fourth-order valence-electron chi connectivity index (χ4n) is 1.64. The van der Waals surface area contributed by atoms with Crippen LogP contribution in [0.15, 0.2) is 18.5 Å².